The Balaban J connectivity index is 1.74. The molecule has 0 N–H and O–H groups in total. The lowest BCUT2D eigenvalue weighted by molar-refractivity contribution is -0.148. The monoisotopic (exact) mass is 388 g/mol. The van der Waals surface area contributed by atoms with Crippen LogP contribution in [0.25, 0.3) is 10.9 Å². The average Bonchev–Trinajstić information content (AvgIpc) is 3.53. The molecule has 1 saturated carbocycles. The Kier molecular flexibility index (Phi) is 5.00. The van der Waals surface area contributed by atoms with Gasteiger partial charge in [-0.2, -0.15) is 0 Å². The molecule has 2 aromatic rings. The second-order valence-electron chi connectivity index (χ2n) is 7.47. The van der Waals surface area contributed by atoms with E-state index in [2.05, 4.69) is 0 Å². The lowest BCUT2D eigenvalue weighted by Crippen LogP contribution is -2.37. The van der Waals surface area contributed by atoms with Gasteiger partial charge in [-0.15, -0.1) is 0 Å². The largest absolute Gasteiger partial charge is 0.492 e. The van der Waals surface area contributed by atoms with Crippen molar-refractivity contribution in [2.75, 3.05) is 31.7 Å². The first-order valence-electron chi connectivity index (χ1n) is 9.88. The lowest BCUT2D eigenvalue weighted by atomic mass is 9.96. The van der Waals surface area contributed by atoms with Gasteiger partial charge in [0.2, 0.25) is 0 Å². The van der Waals surface area contributed by atoms with Gasteiger partial charge in [0.05, 0.1) is 30.5 Å². The smallest absolute Gasteiger partial charge is 0.309 e. The first kappa shape index (κ1) is 18.8. The number of carbonyl (C=O) groups is 1. The normalized spacial score (nSPS) is 17.8. The van der Waals surface area contributed by atoms with E-state index in [1.54, 1.807) is 13.1 Å². The molecule has 1 aromatic heterocycles. The summed E-state index contributed by atoms with van der Waals surface area (Å²) in [4.78, 5) is 26.3. The van der Waals surface area contributed by atoms with E-state index in [1.807, 2.05) is 9.47 Å². The maximum atomic E-state index is 15.1. The number of benzene rings is 1. The molecule has 0 spiro atoms. The van der Waals surface area contributed by atoms with Crippen molar-refractivity contribution in [1.29, 1.82) is 0 Å². The molecular weight excluding hydrogens is 363 g/mol. The van der Waals surface area contributed by atoms with Crippen molar-refractivity contribution < 1.29 is 18.7 Å². The van der Waals surface area contributed by atoms with Gasteiger partial charge >= 0.3 is 5.97 Å². The minimum atomic E-state index is -0.468. The number of anilines is 1. The van der Waals surface area contributed by atoms with Crippen molar-refractivity contribution in [3.8, 4) is 5.75 Å². The first-order valence-corrected chi connectivity index (χ1v) is 9.88. The molecule has 2 aliphatic rings. The van der Waals surface area contributed by atoms with Gasteiger partial charge in [-0.25, -0.2) is 4.39 Å². The third kappa shape index (κ3) is 3.23. The molecule has 0 atom stereocenters. The molecule has 1 saturated heterocycles. The number of pyridine rings is 1. The van der Waals surface area contributed by atoms with Crippen LogP contribution in [0.4, 0.5) is 10.1 Å². The molecule has 1 aromatic carbocycles. The predicted molar refractivity (Wildman–Crippen MR) is 105 cm³/mol. The Morgan fingerprint density at radius 2 is 1.96 bits per heavy atom. The third-order valence-corrected chi connectivity index (χ3v) is 5.67. The van der Waals surface area contributed by atoms with E-state index in [-0.39, 0.29) is 17.3 Å². The fourth-order valence-electron chi connectivity index (χ4n) is 4.11. The average molecular weight is 388 g/mol. The Hall–Kier alpha value is -2.57. The van der Waals surface area contributed by atoms with Crippen molar-refractivity contribution in [3.05, 3.63) is 34.4 Å². The van der Waals surface area contributed by atoms with Gasteiger partial charge in [-0.05, 0) is 38.7 Å². The van der Waals surface area contributed by atoms with E-state index >= 15 is 4.39 Å². The van der Waals surface area contributed by atoms with E-state index in [0.717, 1.165) is 12.8 Å². The minimum Gasteiger partial charge on any atom is -0.492 e. The zero-order chi connectivity index (χ0) is 19.8. The quantitative estimate of drug-likeness (QED) is 0.736. The number of nitrogens with zero attached hydrogens (tertiary/aromatic N) is 2. The molecule has 0 radical (unpaired) electrons. The fraction of sp³-hybridized carbons (Fsp3) is 0.524. The number of hydrogen-bond acceptors (Lipinski definition) is 5. The summed E-state index contributed by atoms with van der Waals surface area (Å²) in [5.41, 5.74) is 0.815. The van der Waals surface area contributed by atoms with Gasteiger partial charge in [0.15, 0.2) is 17.0 Å². The maximum Gasteiger partial charge on any atom is 0.309 e. The number of halogens is 1. The number of ether oxygens (including phenoxy) is 2. The van der Waals surface area contributed by atoms with Crippen LogP contribution in [0, 0.1) is 11.7 Å². The Labute approximate surface area is 162 Å². The molecule has 2 fully saturated rings. The maximum absolute atomic E-state index is 15.1. The lowest BCUT2D eigenvalue weighted by Gasteiger charge is -2.34. The van der Waals surface area contributed by atoms with Gasteiger partial charge < -0.3 is 18.9 Å². The number of piperidine rings is 1. The molecule has 7 heteroatoms. The van der Waals surface area contributed by atoms with Crippen LogP contribution in [0.3, 0.4) is 0 Å². The van der Waals surface area contributed by atoms with Crippen LogP contribution < -0.4 is 15.1 Å². The van der Waals surface area contributed by atoms with Crippen LogP contribution in [0.2, 0.25) is 0 Å². The summed E-state index contributed by atoms with van der Waals surface area (Å²) in [7, 11) is 1.51. The molecule has 0 unspecified atom stereocenters. The molecule has 0 bridgehead atoms. The van der Waals surface area contributed by atoms with Gasteiger partial charge in [0, 0.05) is 31.4 Å². The molecule has 6 nitrogen and oxygen atoms in total. The van der Waals surface area contributed by atoms with Crippen LogP contribution in [0.5, 0.6) is 5.75 Å². The molecule has 2 heterocycles. The standard InChI is InChI=1S/C21H25FN2O4/c1-3-28-21(26)13-6-9-23(10-7-13)19-16(22)12-15-17(25)8-11-24(14-4-5-14)18(15)20(19)27-2/h8,11-14H,3-7,9-10H2,1-2H3. The molecule has 150 valence electrons. The number of aromatic nitrogens is 1. The molecule has 4 rings (SSSR count). The molecule has 1 aliphatic carbocycles. The Morgan fingerprint density at radius 3 is 2.57 bits per heavy atom. The predicted octanol–water partition coefficient (Wildman–Crippen LogP) is 3.26. The molecule has 1 aliphatic heterocycles. The zero-order valence-electron chi connectivity index (χ0n) is 16.2. The molecule has 28 heavy (non-hydrogen) atoms. The summed E-state index contributed by atoms with van der Waals surface area (Å²) in [5.74, 6) is -0.412. The highest BCUT2D eigenvalue weighted by molar-refractivity contribution is 5.91. The zero-order valence-corrected chi connectivity index (χ0v) is 16.2. The summed E-state index contributed by atoms with van der Waals surface area (Å²) in [6, 6.07) is 3.14. The highest BCUT2D eigenvalue weighted by atomic mass is 19.1. The van der Waals surface area contributed by atoms with Crippen LogP contribution in [-0.2, 0) is 9.53 Å². The van der Waals surface area contributed by atoms with Crippen molar-refractivity contribution in [2.24, 2.45) is 5.92 Å². The van der Waals surface area contributed by atoms with E-state index in [4.69, 9.17) is 9.47 Å². The van der Waals surface area contributed by atoms with Crippen molar-refractivity contribution in [2.45, 2.75) is 38.6 Å². The van der Waals surface area contributed by atoms with E-state index in [1.165, 1.54) is 19.2 Å². The van der Waals surface area contributed by atoms with Crippen LogP contribution >= 0.6 is 0 Å². The molecular formula is C21H25FN2O4. The summed E-state index contributed by atoms with van der Waals surface area (Å²) < 4.78 is 27.9. The van der Waals surface area contributed by atoms with Crippen LogP contribution in [-0.4, -0.2) is 37.3 Å². The van der Waals surface area contributed by atoms with Crippen molar-refractivity contribution in [1.82, 2.24) is 4.57 Å². The summed E-state index contributed by atoms with van der Waals surface area (Å²) >= 11 is 0. The van der Waals surface area contributed by atoms with Crippen LogP contribution in [0.15, 0.2) is 23.1 Å². The highest BCUT2D eigenvalue weighted by Crippen LogP contribution is 2.43. The van der Waals surface area contributed by atoms with Gasteiger partial charge in [-0.3, -0.25) is 9.59 Å². The minimum absolute atomic E-state index is 0.157. The number of rotatable bonds is 5. The number of esters is 1. The Morgan fingerprint density at radius 1 is 1.25 bits per heavy atom. The van der Waals surface area contributed by atoms with Gasteiger partial charge in [0.1, 0.15) is 5.69 Å². The fourth-order valence-corrected chi connectivity index (χ4v) is 4.11. The van der Waals surface area contributed by atoms with Crippen molar-refractivity contribution in [3.63, 3.8) is 0 Å². The summed E-state index contributed by atoms with van der Waals surface area (Å²) in [6.45, 7) is 3.22. The first-order chi connectivity index (χ1) is 13.5. The van der Waals surface area contributed by atoms with E-state index in [9.17, 15) is 9.59 Å². The summed E-state index contributed by atoms with van der Waals surface area (Å²) in [6.07, 6.45) is 5.06. The Bertz CT molecular complexity index is 959. The summed E-state index contributed by atoms with van der Waals surface area (Å²) in [5, 5.41) is 0.342. The van der Waals surface area contributed by atoms with Crippen molar-refractivity contribution >= 4 is 22.6 Å². The topological polar surface area (TPSA) is 60.8 Å². The van der Waals surface area contributed by atoms with Crippen LogP contribution in [0.1, 0.15) is 38.6 Å². The number of fused-ring (bicyclic) bond motifs is 1. The van der Waals surface area contributed by atoms with Gasteiger partial charge in [0.25, 0.3) is 0 Å². The number of hydrogen-bond donors (Lipinski definition) is 0. The van der Waals surface area contributed by atoms with E-state index in [0.29, 0.717) is 60.9 Å². The number of methoxy groups -OCH3 is 1. The SMILES string of the molecule is CCOC(=O)C1CCN(c2c(F)cc3c(=O)ccn(C4CC4)c3c2OC)CC1. The highest BCUT2D eigenvalue weighted by Gasteiger charge is 2.32. The number of carbonyl (C=O) groups excluding carboxylic acids is 1. The van der Waals surface area contributed by atoms with Gasteiger partial charge in [-0.1, -0.05) is 0 Å². The second-order valence-corrected chi connectivity index (χ2v) is 7.47. The molecule has 0 amide bonds. The van der Waals surface area contributed by atoms with E-state index < -0.39 is 5.82 Å². The third-order valence-electron chi connectivity index (χ3n) is 5.67. The second kappa shape index (κ2) is 7.45.